The molecule has 0 aliphatic carbocycles. The highest BCUT2D eigenvalue weighted by molar-refractivity contribution is 5.97. The molecule has 1 heterocycles. The first-order valence-electron chi connectivity index (χ1n) is 9.00. The number of para-hydroxylation sites is 1. The second kappa shape index (κ2) is 7.20. The summed E-state index contributed by atoms with van der Waals surface area (Å²) in [5.74, 6) is -0.260. The van der Waals surface area contributed by atoms with Gasteiger partial charge < -0.3 is 9.88 Å². The van der Waals surface area contributed by atoms with Gasteiger partial charge >= 0.3 is 0 Å². The van der Waals surface area contributed by atoms with E-state index in [0.717, 1.165) is 5.56 Å². The first kappa shape index (κ1) is 18.4. The summed E-state index contributed by atoms with van der Waals surface area (Å²) < 4.78 is 1.71. The Morgan fingerprint density at radius 2 is 1.76 bits per heavy atom. The summed E-state index contributed by atoms with van der Waals surface area (Å²) >= 11 is 0. The number of nitrogens with one attached hydrogen (secondary N) is 1. The van der Waals surface area contributed by atoms with Crippen molar-refractivity contribution in [3.8, 4) is 0 Å². The fraction of sp³-hybridized carbons (Fsp3) is 0.0909. The van der Waals surface area contributed by atoms with Gasteiger partial charge in [0.1, 0.15) is 6.54 Å². The van der Waals surface area contributed by atoms with Crippen LogP contribution >= 0.6 is 0 Å². The minimum atomic E-state index is -0.539. The quantitative estimate of drug-likeness (QED) is 0.325. The maximum atomic E-state index is 12.9. The van der Waals surface area contributed by atoms with Gasteiger partial charge in [0.2, 0.25) is 5.91 Å². The van der Waals surface area contributed by atoms with Gasteiger partial charge in [0.15, 0.2) is 5.43 Å². The molecule has 0 spiro atoms. The van der Waals surface area contributed by atoms with E-state index >= 15 is 0 Å². The summed E-state index contributed by atoms with van der Waals surface area (Å²) in [5.41, 5.74) is 2.31. The van der Waals surface area contributed by atoms with Crippen LogP contribution in [0.4, 0.5) is 11.4 Å². The lowest BCUT2D eigenvalue weighted by molar-refractivity contribution is -0.384. The fourth-order valence-electron chi connectivity index (χ4n) is 3.47. The van der Waals surface area contributed by atoms with Gasteiger partial charge in [-0.3, -0.25) is 19.7 Å². The van der Waals surface area contributed by atoms with E-state index in [-0.39, 0.29) is 29.0 Å². The molecule has 7 nitrogen and oxygen atoms in total. The third-order valence-electron chi connectivity index (χ3n) is 4.77. The first-order valence-corrected chi connectivity index (χ1v) is 9.00. The van der Waals surface area contributed by atoms with E-state index in [1.165, 1.54) is 18.2 Å². The van der Waals surface area contributed by atoms with Gasteiger partial charge in [-0.2, -0.15) is 0 Å². The number of amides is 1. The van der Waals surface area contributed by atoms with Crippen molar-refractivity contribution in [1.29, 1.82) is 0 Å². The number of anilines is 1. The summed E-state index contributed by atoms with van der Waals surface area (Å²) in [6, 6.07) is 18.5. The highest BCUT2D eigenvalue weighted by Gasteiger charge is 2.16. The number of carbonyl (C=O) groups excluding carboxylic acids is 1. The molecule has 0 saturated heterocycles. The van der Waals surface area contributed by atoms with E-state index in [4.69, 9.17) is 0 Å². The predicted molar refractivity (Wildman–Crippen MR) is 112 cm³/mol. The van der Waals surface area contributed by atoms with E-state index in [0.29, 0.717) is 22.1 Å². The van der Waals surface area contributed by atoms with Crippen molar-refractivity contribution in [2.75, 3.05) is 5.32 Å². The Hall–Kier alpha value is -4.00. The summed E-state index contributed by atoms with van der Waals surface area (Å²) in [6.07, 6.45) is 0. The number of nitro groups is 1. The Morgan fingerprint density at radius 1 is 1.00 bits per heavy atom. The van der Waals surface area contributed by atoms with Crippen LogP contribution in [0.15, 0.2) is 71.5 Å². The lowest BCUT2D eigenvalue weighted by Crippen LogP contribution is -2.21. The molecule has 0 radical (unpaired) electrons. The van der Waals surface area contributed by atoms with Crippen molar-refractivity contribution in [3.63, 3.8) is 0 Å². The zero-order valence-corrected chi connectivity index (χ0v) is 15.6. The summed E-state index contributed by atoms with van der Waals surface area (Å²) in [7, 11) is 0. The molecule has 1 N–H and O–H groups in total. The maximum Gasteiger partial charge on any atom is 0.270 e. The summed E-state index contributed by atoms with van der Waals surface area (Å²) in [4.78, 5) is 36.2. The van der Waals surface area contributed by atoms with Gasteiger partial charge in [-0.15, -0.1) is 0 Å². The molecule has 0 fully saturated rings. The Labute approximate surface area is 165 Å². The molecule has 7 heteroatoms. The van der Waals surface area contributed by atoms with Gasteiger partial charge in [-0.05, 0) is 42.8 Å². The molecule has 0 saturated carbocycles. The van der Waals surface area contributed by atoms with Gasteiger partial charge in [-0.1, -0.05) is 24.3 Å². The number of hydrogen-bond donors (Lipinski definition) is 1. The second-order valence-electron chi connectivity index (χ2n) is 6.81. The van der Waals surface area contributed by atoms with Crippen molar-refractivity contribution < 1.29 is 9.72 Å². The molecule has 4 aromatic rings. The Kier molecular flexibility index (Phi) is 4.56. The minimum absolute atomic E-state index is 0.0386. The molecule has 29 heavy (non-hydrogen) atoms. The molecule has 1 amide bonds. The number of rotatable bonds is 4. The van der Waals surface area contributed by atoms with Crippen LogP contribution in [-0.4, -0.2) is 15.4 Å². The van der Waals surface area contributed by atoms with Crippen LogP contribution in [0.5, 0.6) is 0 Å². The number of pyridine rings is 1. The smallest absolute Gasteiger partial charge is 0.270 e. The van der Waals surface area contributed by atoms with Crippen molar-refractivity contribution in [1.82, 2.24) is 4.57 Å². The number of carbonyl (C=O) groups is 1. The van der Waals surface area contributed by atoms with Crippen LogP contribution in [0.2, 0.25) is 0 Å². The standard InChI is InChI=1S/C22H17N3O4/c1-14-5-4-6-15(11-14)23-21(26)13-24-19-8-3-2-7-17(19)22(27)18-12-16(25(28)29)9-10-20(18)24/h2-12H,13H2,1H3,(H,23,26). The maximum absolute atomic E-state index is 12.9. The Bertz CT molecular complexity index is 1340. The molecule has 0 bridgehead atoms. The number of nitro benzene ring substituents is 1. The highest BCUT2D eigenvalue weighted by atomic mass is 16.6. The van der Waals surface area contributed by atoms with Crippen molar-refractivity contribution in [3.05, 3.63) is 92.6 Å². The third-order valence-corrected chi connectivity index (χ3v) is 4.77. The van der Waals surface area contributed by atoms with Crippen molar-refractivity contribution >= 4 is 39.1 Å². The lowest BCUT2D eigenvalue weighted by Gasteiger charge is -2.15. The van der Waals surface area contributed by atoms with Crippen LogP contribution in [0.1, 0.15) is 5.56 Å². The Morgan fingerprint density at radius 3 is 2.52 bits per heavy atom. The van der Waals surface area contributed by atoms with Gasteiger partial charge in [0, 0.05) is 23.2 Å². The molecule has 0 aliphatic heterocycles. The number of benzene rings is 3. The Balaban J connectivity index is 1.85. The number of nitrogens with zero attached hydrogens (tertiary/aromatic N) is 2. The van der Waals surface area contributed by atoms with E-state index in [1.807, 2.05) is 25.1 Å². The van der Waals surface area contributed by atoms with Crippen LogP contribution in [0.25, 0.3) is 21.8 Å². The van der Waals surface area contributed by atoms with Crippen LogP contribution in [-0.2, 0) is 11.3 Å². The van der Waals surface area contributed by atoms with E-state index in [2.05, 4.69) is 5.32 Å². The molecular weight excluding hydrogens is 370 g/mol. The first-order chi connectivity index (χ1) is 13.9. The zero-order valence-electron chi connectivity index (χ0n) is 15.6. The average Bonchev–Trinajstić information content (AvgIpc) is 2.70. The zero-order chi connectivity index (χ0) is 20.5. The SMILES string of the molecule is Cc1cccc(NC(=O)Cn2c3ccccc3c(=O)c3cc([N+](=O)[O-])ccc32)c1. The van der Waals surface area contributed by atoms with Crippen molar-refractivity contribution in [2.24, 2.45) is 0 Å². The predicted octanol–water partition coefficient (Wildman–Crippen LogP) is 4.01. The topological polar surface area (TPSA) is 94.2 Å². The number of aryl methyl sites for hydroxylation is 1. The molecule has 144 valence electrons. The van der Waals surface area contributed by atoms with E-state index < -0.39 is 4.92 Å². The lowest BCUT2D eigenvalue weighted by atomic mass is 10.1. The number of aromatic nitrogens is 1. The van der Waals surface area contributed by atoms with Gasteiger partial charge in [0.25, 0.3) is 5.69 Å². The third kappa shape index (κ3) is 3.45. The number of hydrogen-bond acceptors (Lipinski definition) is 4. The second-order valence-corrected chi connectivity index (χ2v) is 6.81. The molecule has 3 aromatic carbocycles. The molecule has 1 aromatic heterocycles. The van der Waals surface area contributed by atoms with Gasteiger partial charge in [0.05, 0.1) is 21.3 Å². The highest BCUT2D eigenvalue weighted by Crippen LogP contribution is 2.23. The molecule has 0 atom stereocenters. The van der Waals surface area contributed by atoms with Crippen LogP contribution in [0.3, 0.4) is 0 Å². The average molecular weight is 387 g/mol. The summed E-state index contributed by atoms with van der Waals surface area (Å²) in [6.45, 7) is 1.90. The minimum Gasteiger partial charge on any atom is -0.331 e. The largest absolute Gasteiger partial charge is 0.331 e. The fourth-order valence-corrected chi connectivity index (χ4v) is 3.47. The molecular formula is C22H17N3O4. The molecule has 0 aliphatic rings. The normalized spacial score (nSPS) is 10.9. The number of fused-ring (bicyclic) bond motifs is 2. The van der Waals surface area contributed by atoms with Gasteiger partial charge in [-0.25, -0.2) is 0 Å². The molecule has 0 unspecified atom stereocenters. The van der Waals surface area contributed by atoms with E-state index in [9.17, 15) is 19.7 Å². The molecule has 4 rings (SSSR count). The number of non-ortho nitro benzene ring substituents is 1. The monoisotopic (exact) mass is 387 g/mol. The summed E-state index contributed by atoms with van der Waals surface area (Å²) in [5, 5.41) is 14.6. The van der Waals surface area contributed by atoms with E-state index in [1.54, 1.807) is 34.9 Å². The van der Waals surface area contributed by atoms with Crippen LogP contribution < -0.4 is 10.7 Å². The van der Waals surface area contributed by atoms with Crippen LogP contribution in [0, 0.1) is 17.0 Å². The van der Waals surface area contributed by atoms with Crippen molar-refractivity contribution in [2.45, 2.75) is 13.5 Å².